The summed E-state index contributed by atoms with van der Waals surface area (Å²) in [7, 11) is -1.08. The van der Waals surface area contributed by atoms with E-state index in [1.807, 2.05) is 0 Å². The number of carbonyl (C=O) groups excluding carboxylic acids is 1. The molecule has 0 aliphatic rings. The molecule has 0 heterocycles. The Balaban J connectivity index is 3.85. The van der Waals surface area contributed by atoms with Gasteiger partial charge in [-0.1, -0.05) is 0 Å². The molecule has 15 heavy (non-hydrogen) atoms. The van der Waals surface area contributed by atoms with Crippen molar-refractivity contribution in [2.45, 2.75) is 6.42 Å². The van der Waals surface area contributed by atoms with Crippen molar-refractivity contribution >= 4 is 13.7 Å². The fourth-order valence-corrected chi connectivity index (χ4v) is 1.89. The van der Waals surface area contributed by atoms with Crippen molar-refractivity contribution in [1.82, 2.24) is 0 Å². The Morgan fingerprint density at radius 3 is 2.20 bits per heavy atom. The van der Waals surface area contributed by atoms with Crippen LogP contribution in [-0.4, -0.2) is 33.1 Å². The van der Waals surface area contributed by atoms with Crippen molar-refractivity contribution in [2.75, 3.05) is 27.0 Å². The summed E-state index contributed by atoms with van der Waals surface area (Å²) in [5, 5.41) is 0. The van der Waals surface area contributed by atoms with E-state index in [0.717, 1.165) is 0 Å². The first-order valence-corrected chi connectivity index (χ1v) is 5.73. The van der Waals surface area contributed by atoms with Gasteiger partial charge in [0, 0.05) is 0 Å². The lowest BCUT2D eigenvalue weighted by Gasteiger charge is -2.13. The Hall–Kier alpha value is -0.660. The molecule has 0 rings (SSSR count). The first-order valence-electron chi connectivity index (χ1n) is 4.00. The minimum atomic E-state index is -3.46. The van der Waals surface area contributed by atoms with Crippen LogP contribution in [0.3, 0.4) is 0 Å². The number of amides is 1. The lowest BCUT2D eigenvalue weighted by Crippen LogP contribution is -2.14. The highest BCUT2D eigenvalue weighted by Crippen LogP contribution is 2.48. The van der Waals surface area contributed by atoms with Gasteiger partial charge in [0.15, 0.2) is 0 Å². The monoisotopic (exact) mass is 243 g/mol. The van der Waals surface area contributed by atoms with Crippen molar-refractivity contribution in [2.24, 2.45) is 5.73 Å². The van der Waals surface area contributed by atoms with Crippen LogP contribution in [0.5, 0.6) is 0 Å². The van der Waals surface area contributed by atoms with Crippen molar-refractivity contribution in [3.63, 3.8) is 0 Å². The van der Waals surface area contributed by atoms with Gasteiger partial charge in [0.25, 0.3) is 0 Å². The normalized spacial score (nSPS) is 11.3. The van der Waals surface area contributed by atoms with Crippen LogP contribution in [0.2, 0.25) is 0 Å². The van der Waals surface area contributed by atoms with Crippen LogP contribution in [0, 0.1) is 0 Å². The molecule has 90 valence electrons. The Labute approximate surface area is 87.0 Å². The zero-order chi connectivity index (χ0) is 11.7. The topological polar surface area (TPSA) is 106 Å². The highest BCUT2D eigenvalue weighted by atomic mass is 31.2. The minimum Gasteiger partial charge on any atom is -0.450 e. The van der Waals surface area contributed by atoms with Crippen molar-refractivity contribution < 1.29 is 33.2 Å². The molecule has 9 heteroatoms. The SMILES string of the molecule is COOP(=O)(CCCOC(N)=O)OOC. The second-order valence-corrected chi connectivity index (χ2v) is 4.31. The summed E-state index contributed by atoms with van der Waals surface area (Å²) in [6.07, 6.45) is -0.681. The first kappa shape index (κ1) is 14.3. The molecular weight excluding hydrogens is 229 g/mol. The number of nitrogens with two attached hydrogens (primary N) is 1. The summed E-state index contributed by atoms with van der Waals surface area (Å²) in [6.45, 7) is 0.0134. The summed E-state index contributed by atoms with van der Waals surface area (Å²) in [6, 6.07) is 0. The molecule has 0 radical (unpaired) electrons. The molecule has 0 aliphatic heterocycles. The summed E-state index contributed by atoms with van der Waals surface area (Å²) in [5.41, 5.74) is 4.72. The molecule has 2 N–H and O–H groups in total. The summed E-state index contributed by atoms with van der Waals surface area (Å²) >= 11 is 0. The van der Waals surface area contributed by atoms with Gasteiger partial charge in [-0.3, -0.25) is 4.57 Å². The van der Waals surface area contributed by atoms with Crippen LogP contribution in [0.25, 0.3) is 0 Å². The maximum atomic E-state index is 11.6. The molecule has 1 amide bonds. The van der Waals surface area contributed by atoms with E-state index >= 15 is 0 Å². The van der Waals surface area contributed by atoms with E-state index in [0.29, 0.717) is 0 Å². The summed E-state index contributed by atoms with van der Waals surface area (Å²) in [4.78, 5) is 18.7. The first-order chi connectivity index (χ1) is 7.04. The number of hydrogen-bond donors (Lipinski definition) is 1. The fraction of sp³-hybridized carbons (Fsp3) is 0.833. The second kappa shape index (κ2) is 7.61. The van der Waals surface area contributed by atoms with E-state index in [9.17, 15) is 9.36 Å². The van der Waals surface area contributed by atoms with E-state index in [1.54, 1.807) is 0 Å². The molecule has 0 aromatic carbocycles. The lowest BCUT2D eigenvalue weighted by atomic mass is 10.5. The van der Waals surface area contributed by atoms with Crippen LogP contribution in [0.4, 0.5) is 4.79 Å². The lowest BCUT2D eigenvalue weighted by molar-refractivity contribution is -0.242. The van der Waals surface area contributed by atoms with Gasteiger partial charge in [-0.2, -0.15) is 0 Å². The fourth-order valence-electron chi connectivity index (χ4n) is 0.745. The maximum Gasteiger partial charge on any atom is 0.404 e. The Bertz CT molecular complexity index is 224. The second-order valence-electron chi connectivity index (χ2n) is 2.34. The third-order valence-corrected chi connectivity index (χ3v) is 2.81. The molecular formula is C6H14NO7P. The van der Waals surface area contributed by atoms with Gasteiger partial charge in [-0.15, -0.1) is 9.35 Å². The number of primary amides is 1. The third kappa shape index (κ3) is 7.29. The van der Waals surface area contributed by atoms with E-state index in [2.05, 4.69) is 23.9 Å². The predicted molar refractivity (Wildman–Crippen MR) is 48.8 cm³/mol. The number of carbonyl (C=O) groups is 1. The Morgan fingerprint density at radius 2 is 1.80 bits per heavy atom. The number of hydrogen-bond acceptors (Lipinski definition) is 7. The average Bonchev–Trinajstić information content (AvgIpc) is 2.13. The smallest absolute Gasteiger partial charge is 0.404 e. The molecule has 0 saturated heterocycles. The molecule has 0 aromatic heterocycles. The highest BCUT2D eigenvalue weighted by Gasteiger charge is 2.26. The molecule has 0 aromatic rings. The Morgan fingerprint density at radius 1 is 1.27 bits per heavy atom. The van der Waals surface area contributed by atoms with Crippen LogP contribution in [-0.2, 0) is 28.4 Å². The molecule has 0 bridgehead atoms. The Kier molecular flexibility index (Phi) is 7.27. The zero-order valence-corrected chi connectivity index (χ0v) is 9.40. The standard InChI is InChI=1S/C6H14NO7P/c1-10-13-15(9,14-11-2)5-3-4-12-6(7)8/h3-5H2,1-2H3,(H2,7,8). The number of ether oxygens (including phenoxy) is 1. The zero-order valence-electron chi connectivity index (χ0n) is 8.50. The van der Waals surface area contributed by atoms with Gasteiger partial charge < -0.3 is 10.5 Å². The predicted octanol–water partition coefficient (Wildman–Crippen LogP) is 0.821. The molecule has 0 unspecified atom stereocenters. The van der Waals surface area contributed by atoms with E-state index in [1.165, 1.54) is 14.2 Å². The number of rotatable bonds is 8. The van der Waals surface area contributed by atoms with Gasteiger partial charge >= 0.3 is 13.7 Å². The molecule has 8 nitrogen and oxygen atoms in total. The van der Waals surface area contributed by atoms with Gasteiger partial charge in [0.1, 0.15) is 0 Å². The molecule has 0 saturated carbocycles. The van der Waals surface area contributed by atoms with Crippen LogP contribution >= 0.6 is 7.60 Å². The van der Waals surface area contributed by atoms with Crippen LogP contribution < -0.4 is 5.73 Å². The van der Waals surface area contributed by atoms with Gasteiger partial charge in [0.2, 0.25) is 0 Å². The summed E-state index contributed by atoms with van der Waals surface area (Å²) in [5.74, 6) is 0. The van der Waals surface area contributed by atoms with Crippen molar-refractivity contribution in [3.8, 4) is 0 Å². The molecule has 0 fully saturated rings. The third-order valence-electron chi connectivity index (χ3n) is 1.20. The van der Waals surface area contributed by atoms with E-state index in [4.69, 9.17) is 5.73 Å². The van der Waals surface area contributed by atoms with E-state index < -0.39 is 13.7 Å². The van der Waals surface area contributed by atoms with Gasteiger partial charge in [-0.05, 0) is 6.42 Å². The summed E-state index contributed by atoms with van der Waals surface area (Å²) < 4.78 is 24.8. The largest absolute Gasteiger partial charge is 0.450 e. The molecule has 0 atom stereocenters. The van der Waals surface area contributed by atoms with E-state index in [-0.39, 0.29) is 19.2 Å². The van der Waals surface area contributed by atoms with Crippen molar-refractivity contribution in [3.05, 3.63) is 0 Å². The van der Waals surface area contributed by atoms with Crippen LogP contribution in [0.1, 0.15) is 6.42 Å². The van der Waals surface area contributed by atoms with Gasteiger partial charge in [0.05, 0.1) is 27.0 Å². The average molecular weight is 243 g/mol. The quantitative estimate of drug-likeness (QED) is 0.291. The maximum absolute atomic E-state index is 11.6. The highest BCUT2D eigenvalue weighted by molar-refractivity contribution is 7.53. The minimum absolute atomic E-state index is 0.0134. The molecule has 0 aliphatic carbocycles. The van der Waals surface area contributed by atoms with Crippen LogP contribution in [0.15, 0.2) is 0 Å². The van der Waals surface area contributed by atoms with Gasteiger partial charge in [-0.25, -0.2) is 14.6 Å². The molecule has 0 spiro atoms. The van der Waals surface area contributed by atoms with Crippen molar-refractivity contribution in [1.29, 1.82) is 0 Å².